The average molecular weight is 385 g/mol. The summed E-state index contributed by atoms with van der Waals surface area (Å²) in [6.45, 7) is 2.83. The molecule has 0 heterocycles. The van der Waals surface area contributed by atoms with E-state index < -0.39 is 5.41 Å². The molecule has 1 aromatic rings. The topological polar surface area (TPSA) is 58.2 Å². The molecule has 0 bridgehead atoms. The summed E-state index contributed by atoms with van der Waals surface area (Å²) in [4.78, 5) is 25.2. The van der Waals surface area contributed by atoms with Crippen LogP contribution < -0.4 is 10.6 Å². The first-order chi connectivity index (χ1) is 13.6. The Kier molecular flexibility index (Phi) is 7.52. The van der Waals surface area contributed by atoms with Crippen molar-refractivity contribution < 1.29 is 9.59 Å². The van der Waals surface area contributed by atoms with Crippen molar-refractivity contribution in [2.75, 3.05) is 11.9 Å². The lowest BCUT2D eigenvalue weighted by molar-refractivity contribution is -0.128. The highest BCUT2D eigenvalue weighted by atomic mass is 16.2. The van der Waals surface area contributed by atoms with E-state index in [1.165, 1.54) is 38.5 Å². The summed E-state index contributed by atoms with van der Waals surface area (Å²) in [6, 6.07) is 8.00. The van der Waals surface area contributed by atoms with Crippen molar-refractivity contribution in [3.05, 3.63) is 29.8 Å². The fraction of sp³-hybridized carbons (Fsp3) is 0.667. The van der Waals surface area contributed by atoms with E-state index in [4.69, 9.17) is 0 Å². The molecular formula is C24H36N2O2. The molecule has 0 radical (unpaired) electrons. The SMILES string of the molecule is CCCC(=O)Nc1ccc(C2(C(=O)NCC3CCCCC3)CCCCC2)cc1. The van der Waals surface area contributed by atoms with E-state index in [0.29, 0.717) is 12.3 Å². The first-order valence-corrected chi connectivity index (χ1v) is 11.3. The number of carbonyl (C=O) groups is 2. The van der Waals surface area contributed by atoms with E-state index in [1.54, 1.807) is 0 Å². The van der Waals surface area contributed by atoms with E-state index in [1.807, 2.05) is 31.2 Å². The molecule has 2 aliphatic carbocycles. The molecule has 2 N–H and O–H groups in total. The molecule has 0 saturated heterocycles. The van der Waals surface area contributed by atoms with E-state index >= 15 is 0 Å². The zero-order valence-corrected chi connectivity index (χ0v) is 17.4. The Bertz CT molecular complexity index is 641. The van der Waals surface area contributed by atoms with Gasteiger partial charge in [0.2, 0.25) is 11.8 Å². The molecular weight excluding hydrogens is 348 g/mol. The zero-order valence-electron chi connectivity index (χ0n) is 17.4. The smallest absolute Gasteiger partial charge is 0.230 e. The van der Waals surface area contributed by atoms with Crippen LogP contribution in [0.3, 0.4) is 0 Å². The van der Waals surface area contributed by atoms with Crippen molar-refractivity contribution in [1.82, 2.24) is 5.32 Å². The van der Waals surface area contributed by atoms with Gasteiger partial charge in [-0.2, -0.15) is 0 Å². The lowest BCUT2D eigenvalue weighted by Gasteiger charge is -2.37. The van der Waals surface area contributed by atoms with Gasteiger partial charge in [-0.3, -0.25) is 9.59 Å². The lowest BCUT2D eigenvalue weighted by Crippen LogP contribution is -2.47. The molecule has 1 aromatic carbocycles. The van der Waals surface area contributed by atoms with Gasteiger partial charge in [0.25, 0.3) is 0 Å². The van der Waals surface area contributed by atoms with Crippen LogP contribution in [0.5, 0.6) is 0 Å². The Labute approximate surface area is 169 Å². The van der Waals surface area contributed by atoms with Gasteiger partial charge in [-0.1, -0.05) is 57.6 Å². The number of anilines is 1. The highest BCUT2D eigenvalue weighted by molar-refractivity contribution is 5.91. The Morgan fingerprint density at radius 3 is 2.25 bits per heavy atom. The first kappa shape index (κ1) is 20.9. The molecule has 2 amide bonds. The first-order valence-electron chi connectivity index (χ1n) is 11.3. The second-order valence-corrected chi connectivity index (χ2v) is 8.73. The minimum absolute atomic E-state index is 0.0489. The van der Waals surface area contributed by atoms with Crippen molar-refractivity contribution >= 4 is 17.5 Å². The number of nitrogens with one attached hydrogen (secondary N) is 2. The molecule has 4 nitrogen and oxygen atoms in total. The number of hydrogen-bond acceptors (Lipinski definition) is 2. The van der Waals surface area contributed by atoms with Crippen LogP contribution in [-0.2, 0) is 15.0 Å². The highest BCUT2D eigenvalue weighted by Gasteiger charge is 2.41. The fourth-order valence-electron chi connectivity index (χ4n) is 4.92. The van der Waals surface area contributed by atoms with Gasteiger partial charge in [-0.05, 0) is 55.7 Å². The average Bonchev–Trinajstić information content (AvgIpc) is 2.74. The minimum atomic E-state index is -0.404. The molecule has 2 saturated carbocycles. The number of rotatable bonds is 7. The molecule has 0 spiro atoms. The van der Waals surface area contributed by atoms with Crippen LogP contribution in [0.2, 0.25) is 0 Å². The van der Waals surface area contributed by atoms with Crippen molar-refractivity contribution in [3.8, 4) is 0 Å². The number of benzene rings is 1. The third-order valence-electron chi connectivity index (χ3n) is 6.62. The summed E-state index contributed by atoms with van der Waals surface area (Å²) in [5, 5.41) is 6.26. The van der Waals surface area contributed by atoms with E-state index in [-0.39, 0.29) is 11.8 Å². The predicted octanol–water partition coefficient (Wildman–Crippen LogP) is 5.32. The van der Waals surface area contributed by atoms with Crippen molar-refractivity contribution in [2.45, 2.75) is 89.4 Å². The summed E-state index contributed by atoms with van der Waals surface area (Å²) >= 11 is 0. The zero-order chi connectivity index (χ0) is 19.8. The van der Waals surface area contributed by atoms with E-state index in [2.05, 4.69) is 10.6 Å². The number of carbonyl (C=O) groups excluding carboxylic acids is 2. The Morgan fingerprint density at radius 1 is 0.964 bits per heavy atom. The van der Waals surface area contributed by atoms with Gasteiger partial charge in [0.15, 0.2) is 0 Å². The maximum Gasteiger partial charge on any atom is 0.230 e. The molecule has 0 unspecified atom stereocenters. The molecule has 28 heavy (non-hydrogen) atoms. The van der Waals surface area contributed by atoms with Crippen LogP contribution in [-0.4, -0.2) is 18.4 Å². The second kappa shape index (κ2) is 10.1. The fourth-order valence-corrected chi connectivity index (χ4v) is 4.92. The summed E-state index contributed by atoms with van der Waals surface area (Å²) in [7, 11) is 0. The van der Waals surface area contributed by atoms with E-state index in [0.717, 1.165) is 49.9 Å². The van der Waals surface area contributed by atoms with Crippen LogP contribution in [0.4, 0.5) is 5.69 Å². The third kappa shape index (κ3) is 5.15. The van der Waals surface area contributed by atoms with Gasteiger partial charge in [-0.15, -0.1) is 0 Å². The van der Waals surface area contributed by atoms with Crippen LogP contribution >= 0.6 is 0 Å². The predicted molar refractivity (Wildman–Crippen MR) is 114 cm³/mol. The molecule has 0 aliphatic heterocycles. The third-order valence-corrected chi connectivity index (χ3v) is 6.62. The second-order valence-electron chi connectivity index (χ2n) is 8.73. The maximum absolute atomic E-state index is 13.3. The minimum Gasteiger partial charge on any atom is -0.355 e. The normalized spacial score (nSPS) is 19.8. The van der Waals surface area contributed by atoms with Gasteiger partial charge < -0.3 is 10.6 Å². The molecule has 4 heteroatoms. The molecule has 0 aromatic heterocycles. The summed E-state index contributed by atoms with van der Waals surface area (Å²) in [5.41, 5.74) is 1.51. The van der Waals surface area contributed by atoms with Gasteiger partial charge in [0.05, 0.1) is 5.41 Å². The van der Waals surface area contributed by atoms with Gasteiger partial charge in [0, 0.05) is 18.7 Å². The quantitative estimate of drug-likeness (QED) is 0.668. The van der Waals surface area contributed by atoms with Crippen LogP contribution in [0.15, 0.2) is 24.3 Å². The summed E-state index contributed by atoms with van der Waals surface area (Å²) in [5.74, 6) is 0.905. The Balaban J connectivity index is 1.69. The van der Waals surface area contributed by atoms with Crippen LogP contribution in [0.1, 0.15) is 89.5 Å². The molecule has 3 rings (SSSR count). The van der Waals surface area contributed by atoms with Crippen LogP contribution in [0.25, 0.3) is 0 Å². The standard InChI is InChI=1S/C24H36N2O2/c1-2-9-22(27)26-21-14-12-20(13-15-21)24(16-7-4-8-17-24)23(28)25-18-19-10-5-3-6-11-19/h12-15,19H,2-11,16-18H2,1H3,(H,25,28)(H,26,27). The largest absolute Gasteiger partial charge is 0.355 e. The summed E-state index contributed by atoms with van der Waals surface area (Å²) < 4.78 is 0. The molecule has 2 aliphatic rings. The molecule has 0 atom stereocenters. The summed E-state index contributed by atoms with van der Waals surface area (Å²) in [6.07, 6.45) is 13.1. The van der Waals surface area contributed by atoms with Crippen molar-refractivity contribution in [1.29, 1.82) is 0 Å². The highest BCUT2D eigenvalue weighted by Crippen LogP contribution is 2.40. The van der Waals surface area contributed by atoms with Gasteiger partial charge in [0.1, 0.15) is 0 Å². The van der Waals surface area contributed by atoms with Crippen molar-refractivity contribution in [3.63, 3.8) is 0 Å². The van der Waals surface area contributed by atoms with Crippen molar-refractivity contribution in [2.24, 2.45) is 5.92 Å². The Morgan fingerprint density at radius 2 is 1.61 bits per heavy atom. The van der Waals surface area contributed by atoms with Gasteiger partial charge >= 0.3 is 0 Å². The number of amides is 2. The van der Waals surface area contributed by atoms with Crippen LogP contribution in [0, 0.1) is 5.92 Å². The molecule has 2 fully saturated rings. The lowest BCUT2D eigenvalue weighted by atomic mass is 9.68. The number of hydrogen-bond donors (Lipinski definition) is 2. The molecule has 154 valence electrons. The maximum atomic E-state index is 13.3. The Hall–Kier alpha value is -1.84. The van der Waals surface area contributed by atoms with E-state index in [9.17, 15) is 9.59 Å². The van der Waals surface area contributed by atoms with Gasteiger partial charge in [-0.25, -0.2) is 0 Å². The monoisotopic (exact) mass is 384 g/mol.